The van der Waals surface area contributed by atoms with Crippen molar-refractivity contribution < 1.29 is 8.42 Å². The molecule has 0 saturated heterocycles. The maximum Gasteiger partial charge on any atom is 0.271 e. The molecule has 102 valence electrons. The van der Waals surface area contributed by atoms with Gasteiger partial charge in [0.15, 0.2) is 0 Å². The molecule has 0 bridgehead atoms. The van der Waals surface area contributed by atoms with E-state index in [1.54, 1.807) is 12.1 Å². The second kappa shape index (κ2) is 5.09. The molecule has 1 heterocycles. The number of sulfonamides is 1. The molecule has 2 aromatic carbocycles. The second-order valence-corrected chi connectivity index (χ2v) is 7.85. The van der Waals surface area contributed by atoms with E-state index in [-0.39, 0.29) is 4.21 Å². The molecule has 1 N–H and O–H groups in total. The third-order valence-corrected chi connectivity index (χ3v) is 5.92. The van der Waals surface area contributed by atoms with Crippen molar-refractivity contribution in [3.8, 4) is 0 Å². The molecule has 0 aliphatic heterocycles. The molecule has 3 rings (SSSR count). The SMILES string of the molecule is O=S(=O)(Nc1ccc2ccccc2c1)c1ccc(Cl)s1. The van der Waals surface area contributed by atoms with Crippen LogP contribution >= 0.6 is 22.9 Å². The molecule has 0 aliphatic carbocycles. The Morgan fingerprint density at radius 3 is 2.40 bits per heavy atom. The molecule has 3 nitrogen and oxygen atoms in total. The summed E-state index contributed by atoms with van der Waals surface area (Å²) in [4.78, 5) is 0. The Morgan fingerprint density at radius 1 is 0.950 bits per heavy atom. The van der Waals surface area contributed by atoms with Crippen LogP contribution in [0, 0.1) is 0 Å². The minimum Gasteiger partial charge on any atom is -0.279 e. The van der Waals surface area contributed by atoms with Crippen molar-refractivity contribution in [3.63, 3.8) is 0 Å². The van der Waals surface area contributed by atoms with Crippen molar-refractivity contribution in [2.45, 2.75) is 4.21 Å². The van der Waals surface area contributed by atoms with Gasteiger partial charge in [0.05, 0.1) is 4.34 Å². The first-order valence-corrected chi connectivity index (χ1v) is 8.49. The monoisotopic (exact) mass is 323 g/mol. The fraction of sp³-hybridized carbons (Fsp3) is 0. The predicted molar refractivity (Wildman–Crippen MR) is 84.1 cm³/mol. The second-order valence-electron chi connectivity index (χ2n) is 4.23. The van der Waals surface area contributed by atoms with E-state index in [4.69, 9.17) is 11.6 Å². The highest BCUT2D eigenvalue weighted by atomic mass is 35.5. The van der Waals surface area contributed by atoms with Gasteiger partial charge < -0.3 is 0 Å². The molecule has 0 amide bonds. The molecule has 0 aliphatic rings. The number of hydrogen-bond acceptors (Lipinski definition) is 3. The molecule has 0 atom stereocenters. The fourth-order valence-corrected chi connectivity index (χ4v) is 4.43. The molecular weight excluding hydrogens is 314 g/mol. The van der Waals surface area contributed by atoms with Gasteiger partial charge in [0, 0.05) is 5.69 Å². The standard InChI is InChI=1S/C14H10ClNO2S2/c15-13-7-8-14(19-13)20(17,18)16-12-6-5-10-3-1-2-4-11(10)9-12/h1-9,16H. The summed E-state index contributed by atoms with van der Waals surface area (Å²) < 4.78 is 27.6. The molecule has 1 aromatic heterocycles. The Bertz CT molecular complexity index is 872. The lowest BCUT2D eigenvalue weighted by atomic mass is 10.1. The zero-order valence-corrected chi connectivity index (χ0v) is 12.6. The summed E-state index contributed by atoms with van der Waals surface area (Å²) in [5, 5.41) is 2.05. The Kier molecular flexibility index (Phi) is 3.41. The van der Waals surface area contributed by atoms with E-state index in [9.17, 15) is 8.42 Å². The van der Waals surface area contributed by atoms with Crippen LogP contribution in [0.2, 0.25) is 4.34 Å². The number of fused-ring (bicyclic) bond motifs is 1. The van der Waals surface area contributed by atoms with E-state index in [2.05, 4.69) is 4.72 Å². The molecule has 0 unspecified atom stereocenters. The number of halogens is 1. The van der Waals surface area contributed by atoms with Crippen LogP contribution in [0.25, 0.3) is 10.8 Å². The third-order valence-electron chi connectivity index (χ3n) is 2.82. The zero-order chi connectivity index (χ0) is 14.2. The summed E-state index contributed by atoms with van der Waals surface area (Å²) in [6, 6.07) is 16.3. The minimum absolute atomic E-state index is 0.204. The smallest absolute Gasteiger partial charge is 0.271 e. The van der Waals surface area contributed by atoms with Crippen LogP contribution in [0.3, 0.4) is 0 Å². The molecular formula is C14H10ClNO2S2. The van der Waals surface area contributed by atoms with Crippen molar-refractivity contribution in [2.24, 2.45) is 0 Å². The summed E-state index contributed by atoms with van der Waals surface area (Å²) in [7, 11) is -3.58. The highest BCUT2D eigenvalue weighted by molar-refractivity contribution is 7.94. The zero-order valence-electron chi connectivity index (χ0n) is 10.2. The van der Waals surface area contributed by atoms with Crippen molar-refractivity contribution in [1.29, 1.82) is 0 Å². The number of hydrogen-bond donors (Lipinski definition) is 1. The van der Waals surface area contributed by atoms with Gasteiger partial charge in [-0.25, -0.2) is 8.42 Å². The van der Waals surface area contributed by atoms with Crippen molar-refractivity contribution >= 4 is 49.4 Å². The van der Waals surface area contributed by atoms with Crippen LogP contribution in [-0.4, -0.2) is 8.42 Å². The fourth-order valence-electron chi connectivity index (χ4n) is 1.90. The van der Waals surface area contributed by atoms with Crippen molar-refractivity contribution in [2.75, 3.05) is 4.72 Å². The van der Waals surface area contributed by atoms with Gasteiger partial charge in [-0.05, 0) is 35.0 Å². The lowest BCUT2D eigenvalue weighted by Gasteiger charge is -2.07. The Hall–Kier alpha value is -1.56. The number of nitrogens with one attached hydrogen (secondary N) is 1. The molecule has 20 heavy (non-hydrogen) atoms. The van der Waals surface area contributed by atoms with Crippen LogP contribution in [0.4, 0.5) is 5.69 Å². The highest BCUT2D eigenvalue weighted by Crippen LogP contribution is 2.28. The molecule has 3 aromatic rings. The van der Waals surface area contributed by atoms with E-state index in [1.807, 2.05) is 36.4 Å². The quantitative estimate of drug-likeness (QED) is 0.778. The Labute approximate surface area is 125 Å². The lowest BCUT2D eigenvalue weighted by Crippen LogP contribution is -2.11. The maximum atomic E-state index is 12.2. The van der Waals surface area contributed by atoms with Crippen molar-refractivity contribution in [1.82, 2.24) is 0 Å². The van der Waals surface area contributed by atoms with E-state index < -0.39 is 10.0 Å². The highest BCUT2D eigenvalue weighted by Gasteiger charge is 2.16. The molecule has 0 fully saturated rings. The predicted octanol–water partition coefficient (Wildman–Crippen LogP) is 4.36. The van der Waals surface area contributed by atoms with Gasteiger partial charge in [-0.3, -0.25) is 4.72 Å². The first-order chi connectivity index (χ1) is 9.54. The third kappa shape index (κ3) is 2.65. The van der Waals surface area contributed by atoms with Gasteiger partial charge in [0.1, 0.15) is 4.21 Å². The first-order valence-electron chi connectivity index (χ1n) is 5.81. The van der Waals surface area contributed by atoms with Gasteiger partial charge in [-0.1, -0.05) is 41.9 Å². The van der Waals surface area contributed by atoms with E-state index in [0.29, 0.717) is 10.0 Å². The number of rotatable bonds is 3. The van der Waals surface area contributed by atoms with Crippen LogP contribution in [0.5, 0.6) is 0 Å². The van der Waals surface area contributed by atoms with Gasteiger partial charge in [-0.2, -0.15) is 0 Å². The van der Waals surface area contributed by atoms with Crippen LogP contribution in [0.1, 0.15) is 0 Å². The van der Waals surface area contributed by atoms with E-state index >= 15 is 0 Å². The molecule has 0 spiro atoms. The van der Waals surface area contributed by atoms with Crippen LogP contribution in [0.15, 0.2) is 58.8 Å². The summed E-state index contributed by atoms with van der Waals surface area (Å²) >= 11 is 6.81. The van der Waals surface area contributed by atoms with Crippen LogP contribution in [-0.2, 0) is 10.0 Å². The van der Waals surface area contributed by atoms with Crippen molar-refractivity contribution in [3.05, 3.63) is 58.9 Å². The first kappa shape index (κ1) is 13.4. The Balaban J connectivity index is 1.96. The average molecular weight is 324 g/mol. The number of anilines is 1. The molecule has 6 heteroatoms. The Morgan fingerprint density at radius 2 is 1.70 bits per heavy atom. The average Bonchev–Trinajstić information content (AvgIpc) is 2.86. The molecule has 0 radical (unpaired) electrons. The van der Waals surface area contributed by atoms with Crippen LogP contribution < -0.4 is 4.72 Å². The number of thiophene rings is 1. The van der Waals surface area contributed by atoms with Gasteiger partial charge in [-0.15, -0.1) is 11.3 Å². The number of benzene rings is 2. The summed E-state index contributed by atoms with van der Waals surface area (Å²) in [5.41, 5.74) is 0.535. The minimum atomic E-state index is -3.58. The summed E-state index contributed by atoms with van der Waals surface area (Å²) in [6.07, 6.45) is 0. The topological polar surface area (TPSA) is 46.2 Å². The van der Waals surface area contributed by atoms with Gasteiger partial charge in [0.2, 0.25) is 0 Å². The van der Waals surface area contributed by atoms with Gasteiger partial charge in [0.25, 0.3) is 10.0 Å². The normalized spacial score (nSPS) is 11.7. The summed E-state index contributed by atoms with van der Waals surface area (Å²) in [6.45, 7) is 0. The maximum absolute atomic E-state index is 12.2. The van der Waals surface area contributed by atoms with E-state index in [0.717, 1.165) is 22.1 Å². The largest absolute Gasteiger partial charge is 0.279 e. The van der Waals surface area contributed by atoms with E-state index in [1.165, 1.54) is 6.07 Å². The van der Waals surface area contributed by atoms with Gasteiger partial charge >= 0.3 is 0 Å². The summed E-state index contributed by atoms with van der Waals surface area (Å²) in [5.74, 6) is 0. The molecule has 0 saturated carbocycles. The lowest BCUT2D eigenvalue weighted by molar-refractivity contribution is 0.603.